The standard InChI is InChI=1S/C25H25Cl2N5/c1-31-13-17-4-2-3-16-10-20(11-18(14-31)23(16)17)29-25-28-12-21(27)24(30-25)32-8-7-15-9-19(26)5-6-22(15)32/h5-6,9-12,17H,2-4,7-8,13-14H2,1H3,(H,28,29,30). The van der Waals surface area contributed by atoms with Crippen LogP contribution in [0.3, 0.4) is 0 Å². The van der Waals surface area contributed by atoms with E-state index in [0.717, 1.165) is 48.1 Å². The van der Waals surface area contributed by atoms with Crippen LogP contribution in [-0.4, -0.2) is 35.0 Å². The maximum atomic E-state index is 6.53. The summed E-state index contributed by atoms with van der Waals surface area (Å²) in [5.74, 6) is 1.96. The number of fused-ring (bicyclic) bond motifs is 1. The molecule has 3 heterocycles. The van der Waals surface area contributed by atoms with Crippen LogP contribution in [0.15, 0.2) is 36.5 Å². The molecule has 3 aromatic rings. The summed E-state index contributed by atoms with van der Waals surface area (Å²) < 4.78 is 0. The number of anilines is 4. The highest BCUT2D eigenvalue weighted by atomic mass is 35.5. The minimum absolute atomic E-state index is 0.545. The molecule has 3 aliphatic rings. The van der Waals surface area contributed by atoms with Crippen LogP contribution in [0.2, 0.25) is 10.0 Å². The number of aromatic nitrogens is 2. The Hall–Kier alpha value is -2.34. The number of aryl methyl sites for hydroxylation is 1. The van der Waals surface area contributed by atoms with Gasteiger partial charge in [0.25, 0.3) is 0 Å². The quantitative estimate of drug-likeness (QED) is 0.507. The van der Waals surface area contributed by atoms with Gasteiger partial charge in [-0.05, 0) is 91.2 Å². The summed E-state index contributed by atoms with van der Waals surface area (Å²) in [6.07, 6.45) is 6.31. The molecular formula is C25H25Cl2N5. The first-order valence-electron chi connectivity index (χ1n) is 11.2. The summed E-state index contributed by atoms with van der Waals surface area (Å²) in [6.45, 7) is 2.98. The monoisotopic (exact) mass is 465 g/mol. The van der Waals surface area contributed by atoms with E-state index in [9.17, 15) is 0 Å². The lowest BCUT2D eigenvalue weighted by molar-refractivity contribution is 0.266. The molecule has 2 aliphatic heterocycles. The van der Waals surface area contributed by atoms with Gasteiger partial charge in [0.1, 0.15) is 5.02 Å². The van der Waals surface area contributed by atoms with Crippen molar-refractivity contribution in [2.75, 3.05) is 30.4 Å². The molecule has 1 unspecified atom stereocenters. The van der Waals surface area contributed by atoms with Crippen molar-refractivity contribution in [2.45, 2.75) is 38.1 Å². The number of nitrogens with one attached hydrogen (secondary N) is 1. The van der Waals surface area contributed by atoms with Crippen molar-refractivity contribution in [1.29, 1.82) is 0 Å². The van der Waals surface area contributed by atoms with Crippen LogP contribution >= 0.6 is 23.2 Å². The molecule has 7 heteroatoms. The van der Waals surface area contributed by atoms with Gasteiger partial charge in [-0.2, -0.15) is 4.98 Å². The smallest absolute Gasteiger partial charge is 0.229 e. The Morgan fingerprint density at radius 3 is 2.84 bits per heavy atom. The summed E-state index contributed by atoms with van der Waals surface area (Å²) in [6, 6.07) is 10.5. The van der Waals surface area contributed by atoms with E-state index in [2.05, 4.69) is 39.3 Å². The van der Waals surface area contributed by atoms with E-state index in [4.69, 9.17) is 28.2 Å². The van der Waals surface area contributed by atoms with Gasteiger partial charge in [0, 0.05) is 36.0 Å². The second kappa shape index (κ2) is 7.91. The molecule has 1 N–H and O–H groups in total. The maximum absolute atomic E-state index is 6.53. The van der Waals surface area contributed by atoms with Gasteiger partial charge in [-0.1, -0.05) is 23.2 Å². The summed E-state index contributed by atoms with van der Waals surface area (Å²) in [7, 11) is 2.22. The van der Waals surface area contributed by atoms with E-state index in [0.29, 0.717) is 16.9 Å². The zero-order chi connectivity index (χ0) is 21.8. The van der Waals surface area contributed by atoms with E-state index >= 15 is 0 Å². The van der Waals surface area contributed by atoms with Gasteiger partial charge in [0.15, 0.2) is 5.82 Å². The Balaban J connectivity index is 1.33. The van der Waals surface area contributed by atoms with E-state index in [1.807, 2.05) is 18.2 Å². The summed E-state index contributed by atoms with van der Waals surface area (Å²) in [4.78, 5) is 13.9. The van der Waals surface area contributed by atoms with Crippen molar-refractivity contribution in [3.05, 3.63) is 68.8 Å². The van der Waals surface area contributed by atoms with Gasteiger partial charge >= 0.3 is 0 Å². The fraction of sp³-hybridized carbons (Fsp3) is 0.360. The zero-order valence-electron chi connectivity index (χ0n) is 18.0. The van der Waals surface area contributed by atoms with Crippen molar-refractivity contribution in [3.63, 3.8) is 0 Å². The molecule has 0 spiro atoms. The fourth-order valence-electron chi connectivity index (χ4n) is 5.64. The number of nitrogens with zero attached hydrogens (tertiary/aromatic N) is 4. The first kappa shape index (κ1) is 20.3. The third-order valence-electron chi connectivity index (χ3n) is 6.91. The third-order valence-corrected chi connectivity index (χ3v) is 7.41. The van der Waals surface area contributed by atoms with E-state index in [-0.39, 0.29) is 0 Å². The molecule has 1 aliphatic carbocycles. The fourth-order valence-corrected chi connectivity index (χ4v) is 6.03. The van der Waals surface area contributed by atoms with E-state index in [1.54, 1.807) is 11.8 Å². The Bertz CT molecular complexity index is 1210. The van der Waals surface area contributed by atoms with Gasteiger partial charge in [-0.3, -0.25) is 0 Å². The van der Waals surface area contributed by atoms with Crippen molar-refractivity contribution in [1.82, 2.24) is 14.9 Å². The van der Waals surface area contributed by atoms with Crippen LogP contribution in [0.4, 0.5) is 23.1 Å². The minimum atomic E-state index is 0.545. The van der Waals surface area contributed by atoms with Crippen LogP contribution in [0, 0.1) is 0 Å². The molecule has 0 bridgehead atoms. The Kier molecular flexibility index (Phi) is 5.01. The molecule has 164 valence electrons. The normalized spacial score (nSPS) is 19.6. The molecule has 32 heavy (non-hydrogen) atoms. The lowest BCUT2D eigenvalue weighted by atomic mass is 9.77. The zero-order valence-corrected chi connectivity index (χ0v) is 19.5. The lowest BCUT2D eigenvalue weighted by Crippen LogP contribution is -2.33. The number of hydrogen-bond donors (Lipinski definition) is 1. The number of benzene rings is 2. The topological polar surface area (TPSA) is 44.3 Å². The summed E-state index contributed by atoms with van der Waals surface area (Å²) >= 11 is 12.7. The van der Waals surface area contributed by atoms with Crippen LogP contribution < -0.4 is 10.2 Å². The first-order chi connectivity index (χ1) is 15.5. The van der Waals surface area contributed by atoms with E-state index < -0.39 is 0 Å². The van der Waals surface area contributed by atoms with Gasteiger partial charge in [0.05, 0.1) is 6.20 Å². The van der Waals surface area contributed by atoms with Crippen LogP contribution in [0.1, 0.15) is 41.0 Å². The Morgan fingerprint density at radius 2 is 1.94 bits per heavy atom. The molecule has 1 aromatic heterocycles. The van der Waals surface area contributed by atoms with Gasteiger partial charge < -0.3 is 15.1 Å². The second-order valence-corrected chi connectivity index (χ2v) is 10.0. The van der Waals surface area contributed by atoms with Gasteiger partial charge in [-0.25, -0.2) is 4.98 Å². The predicted octanol–water partition coefficient (Wildman–Crippen LogP) is 6.09. The largest absolute Gasteiger partial charge is 0.324 e. The molecular weight excluding hydrogens is 441 g/mol. The molecule has 0 amide bonds. The van der Waals surface area contributed by atoms with Crippen molar-refractivity contribution < 1.29 is 0 Å². The van der Waals surface area contributed by atoms with Crippen molar-refractivity contribution in [2.24, 2.45) is 0 Å². The molecule has 2 aromatic carbocycles. The molecule has 1 atom stereocenters. The average molecular weight is 466 g/mol. The van der Waals surface area contributed by atoms with Crippen molar-refractivity contribution in [3.8, 4) is 0 Å². The maximum Gasteiger partial charge on any atom is 0.229 e. The number of hydrogen-bond acceptors (Lipinski definition) is 5. The first-order valence-corrected chi connectivity index (χ1v) is 12.0. The minimum Gasteiger partial charge on any atom is -0.324 e. The molecule has 0 radical (unpaired) electrons. The highest BCUT2D eigenvalue weighted by molar-refractivity contribution is 6.33. The summed E-state index contributed by atoms with van der Waals surface area (Å²) in [5, 5.41) is 4.76. The second-order valence-electron chi connectivity index (χ2n) is 9.16. The number of rotatable bonds is 3. The Morgan fingerprint density at radius 1 is 1.06 bits per heavy atom. The van der Waals surface area contributed by atoms with Gasteiger partial charge in [-0.15, -0.1) is 0 Å². The lowest BCUT2D eigenvalue weighted by Gasteiger charge is -2.37. The van der Waals surface area contributed by atoms with E-state index in [1.165, 1.54) is 36.1 Å². The van der Waals surface area contributed by atoms with Gasteiger partial charge in [0.2, 0.25) is 5.95 Å². The third kappa shape index (κ3) is 3.53. The number of halogens is 2. The highest BCUT2D eigenvalue weighted by Crippen LogP contribution is 2.41. The molecule has 6 rings (SSSR count). The number of likely N-dealkylation sites (N-methyl/N-ethyl adjacent to an activating group) is 1. The molecule has 5 nitrogen and oxygen atoms in total. The summed E-state index contributed by atoms with van der Waals surface area (Å²) in [5.41, 5.74) is 7.88. The average Bonchev–Trinajstić information content (AvgIpc) is 3.17. The Labute approximate surface area is 198 Å². The van der Waals surface area contributed by atoms with Crippen molar-refractivity contribution >= 4 is 46.3 Å². The SMILES string of the molecule is CN1Cc2cc(Nc3ncc(Cl)c(N4CCc5cc(Cl)ccc54)n3)cc3c2C(CCC3)C1. The molecule has 0 saturated heterocycles. The highest BCUT2D eigenvalue weighted by Gasteiger charge is 2.29. The molecule has 0 fully saturated rings. The van der Waals surface area contributed by atoms with Crippen LogP contribution in [-0.2, 0) is 19.4 Å². The van der Waals surface area contributed by atoms with Crippen LogP contribution in [0.25, 0.3) is 0 Å². The predicted molar refractivity (Wildman–Crippen MR) is 131 cm³/mol. The molecule has 0 saturated carbocycles. The van der Waals surface area contributed by atoms with Crippen LogP contribution in [0.5, 0.6) is 0 Å².